The average molecular weight is 403 g/mol. The SMILES string of the molecule is O=C(COc1ccc(Cl)cc1S(=O)(=O)N1CCOCC1)N1CCCCC1. The second-order valence-electron chi connectivity index (χ2n) is 6.34. The molecule has 3 rings (SSSR count). The van der Waals surface area contributed by atoms with E-state index in [1.807, 2.05) is 0 Å². The fourth-order valence-electron chi connectivity index (χ4n) is 3.10. The van der Waals surface area contributed by atoms with Crippen LogP contribution in [0.1, 0.15) is 19.3 Å². The Morgan fingerprint density at radius 1 is 1.12 bits per heavy atom. The number of halogens is 1. The highest BCUT2D eigenvalue weighted by Gasteiger charge is 2.30. The molecule has 1 aromatic carbocycles. The van der Waals surface area contributed by atoms with E-state index in [-0.39, 0.29) is 36.2 Å². The molecule has 2 aliphatic rings. The molecule has 0 bridgehead atoms. The molecule has 0 aliphatic carbocycles. The molecule has 7 nitrogen and oxygen atoms in total. The molecule has 2 aliphatic heterocycles. The number of hydrogen-bond donors (Lipinski definition) is 0. The van der Waals surface area contributed by atoms with Crippen molar-refractivity contribution in [2.75, 3.05) is 46.0 Å². The molecule has 2 fully saturated rings. The summed E-state index contributed by atoms with van der Waals surface area (Å²) >= 11 is 6.01. The monoisotopic (exact) mass is 402 g/mol. The molecule has 9 heteroatoms. The van der Waals surface area contributed by atoms with Gasteiger partial charge in [-0.1, -0.05) is 11.6 Å². The lowest BCUT2D eigenvalue weighted by Gasteiger charge is -2.28. The zero-order chi connectivity index (χ0) is 18.6. The summed E-state index contributed by atoms with van der Waals surface area (Å²) in [5, 5.41) is 0.298. The van der Waals surface area contributed by atoms with Crippen LogP contribution in [0.2, 0.25) is 5.02 Å². The molecule has 2 saturated heterocycles. The van der Waals surface area contributed by atoms with E-state index in [1.165, 1.54) is 16.4 Å². The first-order valence-electron chi connectivity index (χ1n) is 8.76. The highest BCUT2D eigenvalue weighted by molar-refractivity contribution is 7.89. The maximum Gasteiger partial charge on any atom is 0.260 e. The molecule has 0 radical (unpaired) electrons. The molecule has 0 atom stereocenters. The molecule has 2 heterocycles. The van der Waals surface area contributed by atoms with Crippen molar-refractivity contribution in [2.24, 2.45) is 0 Å². The van der Waals surface area contributed by atoms with Gasteiger partial charge >= 0.3 is 0 Å². The molecule has 1 amide bonds. The Morgan fingerprint density at radius 2 is 1.81 bits per heavy atom. The number of nitrogens with zero attached hydrogens (tertiary/aromatic N) is 2. The van der Waals surface area contributed by atoms with Gasteiger partial charge in [0.25, 0.3) is 5.91 Å². The molecular weight excluding hydrogens is 380 g/mol. The van der Waals surface area contributed by atoms with Crippen molar-refractivity contribution >= 4 is 27.5 Å². The molecule has 1 aromatic rings. The van der Waals surface area contributed by atoms with Gasteiger partial charge in [0.15, 0.2) is 6.61 Å². The van der Waals surface area contributed by atoms with Gasteiger partial charge in [-0.05, 0) is 37.5 Å². The van der Waals surface area contributed by atoms with Crippen molar-refractivity contribution in [3.8, 4) is 5.75 Å². The number of rotatable bonds is 5. The number of ether oxygens (including phenoxy) is 2. The number of hydrogen-bond acceptors (Lipinski definition) is 5. The van der Waals surface area contributed by atoms with Crippen LogP contribution in [0.15, 0.2) is 23.1 Å². The van der Waals surface area contributed by atoms with Crippen LogP contribution in [-0.4, -0.2) is 69.5 Å². The normalized spacial score (nSPS) is 19.3. The lowest BCUT2D eigenvalue weighted by Crippen LogP contribution is -2.41. The standard InChI is InChI=1S/C17H23ClN2O5S/c18-14-4-5-15(25-13-17(21)19-6-2-1-3-7-19)16(12-14)26(22,23)20-8-10-24-11-9-20/h4-5,12H,1-3,6-11,13H2. The number of benzene rings is 1. The third-order valence-electron chi connectivity index (χ3n) is 4.55. The van der Waals surface area contributed by atoms with Crippen molar-refractivity contribution < 1.29 is 22.7 Å². The quantitative estimate of drug-likeness (QED) is 0.750. The van der Waals surface area contributed by atoms with Crippen LogP contribution >= 0.6 is 11.6 Å². The van der Waals surface area contributed by atoms with Gasteiger partial charge in [0.2, 0.25) is 10.0 Å². The van der Waals surface area contributed by atoms with Crippen LogP contribution < -0.4 is 4.74 Å². The van der Waals surface area contributed by atoms with Crippen LogP contribution in [0.3, 0.4) is 0 Å². The van der Waals surface area contributed by atoms with E-state index in [9.17, 15) is 13.2 Å². The lowest BCUT2D eigenvalue weighted by atomic mass is 10.1. The summed E-state index contributed by atoms with van der Waals surface area (Å²) in [5.74, 6) is 0.0145. The van der Waals surface area contributed by atoms with Gasteiger partial charge in [-0.3, -0.25) is 4.79 Å². The minimum atomic E-state index is -3.77. The number of piperidine rings is 1. The molecule has 0 aromatic heterocycles. The molecule has 0 saturated carbocycles. The summed E-state index contributed by atoms with van der Waals surface area (Å²) in [6, 6.07) is 4.42. The number of carbonyl (C=O) groups is 1. The van der Waals surface area contributed by atoms with E-state index in [1.54, 1.807) is 11.0 Å². The Bertz CT molecular complexity index is 744. The third-order valence-corrected chi connectivity index (χ3v) is 6.71. The van der Waals surface area contributed by atoms with Crippen LogP contribution in [0.5, 0.6) is 5.75 Å². The Kier molecular flexibility index (Phi) is 6.39. The first-order valence-corrected chi connectivity index (χ1v) is 10.6. The van der Waals surface area contributed by atoms with Gasteiger partial charge in [0.05, 0.1) is 13.2 Å². The highest BCUT2D eigenvalue weighted by atomic mass is 35.5. The summed E-state index contributed by atoms with van der Waals surface area (Å²) in [6.45, 7) is 2.52. The van der Waals surface area contributed by atoms with Gasteiger partial charge in [0.1, 0.15) is 10.6 Å². The molecule has 0 spiro atoms. The number of morpholine rings is 1. The summed E-state index contributed by atoms with van der Waals surface area (Å²) in [4.78, 5) is 14.0. The van der Waals surface area contributed by atoms with Gasteiger partial charge in [0, 0.05) is 31.2 Å². The largest absolute Gasteiger partial charge is 0.482 e. The first-order chi connectivity index (χ1) is 12.5. The summed E-state index contributed by atoms with van der Waals surface area (Å²) < 4.78 is 38.0. The summed E-state index contributed by atoms with van der Waals surface area (Å²) in [7, 11) is -3.77. The number of amides is 1. The van der Waals surface area contributed by atoms with Crippen molar-refractivity contribution in [3.05, 3.63) is 23.2 Å². The van der Waals surface area contributed by atoms with E-state index in [2.05, 4.69) is 0 Å². The topological polar surface area (TPSA) is 76.2 Å². The predicted octanol–water partition coefficient (Wildman–Crippen LogP) is 1.75. The smallest absolute Gasteiger partial charge is 0.260 e. The fraction of sp³-hybridized carbons (Fsp3) is 0.588. The van der Waals surface area contributed by atoms with Crippen molar-refractivity contribution in [1.82, 2.24) is 9.21 Å². The van der Waals surface area contributed by atoms with Crippen LogP contribution in [0.4, 0.5) is 0 Å². The zero-order valence-electron chi connectivity index (χ0n) is 14.5. The Balaban J connectivity index is 1.76. The van der Waals surface area contributed by atoms with Gasteiger partial charge in [-0.25, -0.2) is 8.42 Å². The Hall–Kier alpha value is -1.35. The average Bonchev–Trinajstić information content (AvgIpc) is 2.68. The number of carbonyl (C=O) groups excluding carboxylic acids is 1. The van der Waals surface area contributed by atoms with Crippen LogP contribution in [0.25, 0.3) is 0 Å². The van der Waals surface area contributed by atoms with E-state index in [0.717, 1.165) is 32.4 Å². The van der Waals surface area contributed by atoms with E-state index >= 15 is 0 Å². The Labute approximate surface area is 158 Å². The maximum absolute atomic E-state index is 12.9. The van der Waals surface area contributed by atoms with Crippen molar-refractivity contribution in [1.29, 1.82) is 0 Å². The van der Waals surface area contributed by atoms with Gasteiger partial charge in [-0.2, -0.15) is 4.31 Å². The predicted molar refractivity (Wildman–Crippen MR) is 97.0 cm³/mol. The van der Waals surface area contributed by atoms with E-state index in [4.69, 9.17) is 21.1 Å². The summed E-state index contributed by atoms with van der Waals surface area (Å²) in [5.41, 5.74) is 0. The van der Waals surface area contributed by atoms with Gasteiger partial charge < -0.3 is 14.4 Å². The first kappa shape index (κ1) is 19.4. The third kappa shape index (κ3) is 4.49. The van der Waals surface area contributed by atoms with E-state index in [0.29, 0.717) is 18.2 Å². The van der Waals surface area contributed by atoms with Crippen LogP contribution in [0, 0.1) is 0 Å². The molecule has 26 heavy (non-hydrogen) atoms. The second kappa shape index (κ2) is 8.56. The molecule has 0 N–H and O–H groups in total. The van der Waals surface area contributed by atoms with Crippen molar-refractivity contribution in [2.45, 2.75) is 24.2 Å². The minimum Gasteiger partial charge on any atom is -0.482 e. The number of likely N-dealkylation sites (tertiary alicyclic amines) is 1. The second-order valence-corrected chi connectivity index (χ2v) is 8.68. The zero-order valence-corrected chi connectivity index (χ0v) is 16.1. The Morgan fingerprint density at radius 3 is 2.50 bits per heavy atom. The van der Waals surface area contributed by atoms with E-state index < -0.39 is 10.0 Å². The lowest BCUT2D eigenvalue weighted by molar-refractivity contribution is -0.134. The minimum absolute atomic E-state index is 0.0154. The van der Waals surface area contributed by atoms with Crippen molar-refractivity contribution in [3.63, 3.8) is 0 Å². The highest BCUT2D eigenvalue weighted by Crippen LogP contribution is 2.30. The molecule has 144 valence electrons. The maximum atomic E-state index is 12.9. The van der Waals surface area contributed by atoms with Gasteiger partial charge in [-0.15, -0.1) is 0 Å². The van der Waals surface area contributed by atoms with Crippen LogP contribution in [-0.2, 0) is 19.6 Å². The summed E-state index contributed by atoms with van der Waals surface area (Å²) in [6.07, 6.45) is 3.11. The molecule has 0 unspecified atom stereocenters. The molecular formula is C17H23ClN2O5S. The number of sulfonamides is 1. The fourth-order valence-corrected chi connectivity index (χ4v) is 4.90.